The molecule has 2 rings (SSSR count). The normalized spacial score (nSPS) is 24.4. The molecule has 1 aromatic heterocycles. The van der Waals surface area contributed by atoms with Crippen LogP contribution in [0.2, 0.25) is 0 Å². The van der Waals surface area contributed by atoms with E-state index in [0.717, 1.165) is 25.9 Å². The van der Waals surface area contributed by atoms with Gasteiger partial charge in [0.1, 0.15) is 5.82 Å². The molecule has 0 radical (unpaired) electrons. The third kappa shape index (κ3) is 2.47. The summed E-state index contributed by atoms with van der Waals surface area (Å²) in [5, 5.41) is 3.29. The highest BCUT2D eigenvalue weighted by Gasteiger charge is 2.37. The first-order valence-electron chi connectivity index (χ1n) is 6.03. The van der Waals surface area contributed by atoms with Crippen LogP contribution >= 0.6 is 0 Å². The first-order valence-corrected chi connectivity index (χ1v) is 6.03. The molecule has 0 bridgehead atoms. The number of carbonyl (C=O) groups excluding carboxylic acids is 1. The third-order valence-corrected chi connectivity index (χ3v) is 3.41. The third-order valence-electron chi connectivity index (χ3n) is 3.41. The summed E-state index contributed by atoms with van der Waals surface area (Å²) >= 11 is 0. The monoisotopic (exact) mass is 233 g/mol. The fourth-order valence-electron chi connectivity index (χ4n) is 2.30. The number of piperidine rings is 1. The molecule has 1 fully saturated rings. The number of nitrogens with zero attached hydrogens (tertiary/aromatic N) is 2. The van der Waals surface area contributed by atoms with Gasteiger partial charge < -0.3 is 5.32 Å². The summed E-state index contributed by atoms with van der Waals surface area (Å²) < 4.78 is 0. The maximum absolute atomic E-state index is 12.5. The Morgan fingerprint density at radius 1 is 1.53 bits per heavy atom. The summed E-state index contributed by atoms with van der Waals surface area (Å²) in [4.78, 5) is 18.3. The molecule has 1 amide bonds. The summed E-state index contributed by atoms with van der Waals surface area (Å²) in [6, 6.07) is 5.61. The smallest absolute Gasteiger partial charge is 0.235 e. The summed E-state index contributed by atoms with van der Waals surface area (Å²) in [6.07, 6.45) is 3.70. The SMILES string of the molecule is CN(C(=O)C1(C)CCCNC1)c1ccccn1. The average molecular weight is 233 g/mol. The molecule has 4 heteroatoms. The van der Waals surface area contributed by atoms with Crippen molar-refractivity contribution in [3.63, 3.8) is 0 Å². The van der Waals surface area contributed by atoms with Crippen molar-refractivity contribution >= 4 is 11.7 Å². The molecule has 1 aromatic rings. The van der Waals surface area contributed by atoms with Crippen LogP contribution in [0.1, 0.15) is 19.8 Å². The number of carbonyl (C=O) groups is 1. The van der Waals surface area contributed by atoms with Gasteiger partial charge in [-0.05, 0) is 38.4 Å². The molecule has 0 saturated carbocycles. The number of anilines is 1. The molecule has 1 aliphatic heterocycles. The summed E-state index contributed by atoms with van der Waals surface area (Å²) in [6.45, 7) is 3.79. The summed E-state index contributed by atoms with van der Waals surface area (Å²) in [5.41, 5.74) is -0.301. The fourth-order valence-corrected chi connectivity index (χ4v) is 2.30. The lowest BCUT2D eigenvalue weighted by Crippen LogP contribution is -2.49. The molecule has 0 spiro atoms. The predicted octanol–water partition coefficient (Wildman–Crippen LogP) is 1.43. The molecule has 2 heterocycles. The van der Waals surface area contributed by atoms with Crippen LogP contribution in [-0.4, -0.2) is 31.0 Å². The van der Waals surface area contributed by atoms with E-state index in [9.17, 15) is 4.79 Å². The van der Waals surface area contributed by atoms with Gasteiger partial charge in [-0.15, -0.1) is 0 Å². The summed E-state index contributed by atoms with van der Waals surface area (Å²) in [7, 11) is 1.80. The second-order valence-corrected chi connectivity index (χ2v) is 4.89. The Kier molecular flexibility index (Phi) is 3.43. The van der Waals surface area contributed by atoms with Crippen molar-refractivity contribution in [2.45, 2.75) is 19.8 Å². The lowest BCUT2D eigenvalue weighted by Gasteiger charge is -2.35. The van der Waals surface area contributed by atoms with Gasteiger partial charge in [-0.25, -0.2) is 4.98 Å². The molecule has 1 atom stereocenters. The van der Waals surface area contributed by atoms with Crippen LogP contribution in [0, 0.1) is 5.41 Å². The van der Waals surface area contributed by atoms with Crippen molar-refractivity contribution in [2.75, 3.05) is 25.0 Å². The second kappa shape index (κ2) is 4.84. The molecule has 17 heavy (non-hydrogen) atoms. The fraction of sp³-hybridized carbons (Fsp3) is 0.538. The molecule has 0 aliphatic carbocycles. The van der Waals surface area contributed by atoms with Gasteiger partial charge in [0.2, 0.25) is 5.91 Å². The lowest BCUT2D eigenvalue weighted by atomic mass is 9.81. The minimum Gasteiger partial charge on any atom is -0.316 e. The minimum atomic E-state index is -0.301. The highest BCUT2D eigenvalue weighted by atomic mass is 16.2. The number of pyridine rings is 1. The van der Waals surface area contributed by atoms with Gasteiger partial charge >= 0.3 is 0 Å². The van der Waals surface area contributed by atoms with E-state index >= 15 is 0 Å². The van der Waals surface area contributed by atoms with E-state index in [1.807, 2.05) is 25.1 Å². The Morgan fingerprint density at radius 3 is 2.94 bits per heavy atom. The van der Waals surface area contributed by atoms with Crippen LogP contribution in [0.4, 0.5) is 5.82 Å². The number of nitrogens with one attached hydrogen (secondary N) is 1. The topological polar surface area (TPSA) is 45.2 Å². The van der Waals surface area contributed by atoms with E-state index in [1.165, 1.54) is 0 Å². The van der Waals surface area contributed by atoms with Gasteiger partial charge in [0.05, 0.1) is 5.41 Å². The average Bonchev–Trinajstić information content (AvgIpc) is 2.39. The van der Waals surface area contributed by atoms with Gasteiger partial charge in [-0.3, -0.25) is 9.69 Å². The molecule has 1 aliphatic rings. The second-order valence-electron chi connectivity index (χ2n) is 4.89. The molecular formula is C13H19N3O. The first kappa shape index (κ1) is 12.0. The van der Waals surface area contributed by atoms with Crippen LogP contribution in [0.3, 0.4) is 0 Å². The Bertz CT molecular complexity index is 385. The van der Waals surface area contributed by atoms with Crippen LogP contribution in [0.5, 0.6) is 0 Å². The Labute approximate surface area is 102 Å². The number of rotatable bonds is 2. The predicted molar refractivity (Wildman–Crippen MR) is 67.9 cm³/mol. The van der Waals surface area contributed by atoms with Crippen molar-refractivity contribution in [2.24, 2.45) is 5.41 Å². The van der Waals surface area contributed by atoms with Crippen molar-refractivity contribution in [3.8, 4) is 0 Å². The standard InChI is InChI=1S/C13H19N3O/c1-13(7-5-8-14-10-13)12(17)16(2)11-6-3-4-9-15-11/h3-4,6,9,14H,5,7-8,10H2,1-2H3. The van der Waals surface area contributed by atoms with Crippen LogP contribution in [0.15, 0.2) is 24.4 Å². The van der Waals surface area contributed by atoms with Gasteiger partial charge in [-0.2, -0.15) is 0 Å². The van der Waals surface area contributed by atoms with Crippen molar-refractivity contribution in [1.29, 1.82) is 0 Å². The zero-order valence-corrected chi connectivity index (χ0v) is 10.4. The van der Waals surface area contributed by atoms with E-state index in [-0.39, 0.29) is 11.3 Å². The molecule has 0 aromatic carbocycles. The molecule has 1 saturated heterocycles. The van der Waals surface area contributed by atoms with E-state index in [1.54, 1.807) is 18.1 Å². The van der Waals surface area contributed by atoms with E-state index in [4.69, 9.17) is 0 Å². The number of hydrogen-bond donors (Lipinski definition) is 1. The molecule has 92 valence electrons. The van der Waals surface area contributed by atoms with Gasteiger partial charge in [0.25, 0.3) is 0 Å². The Hall–Kier alpha value is -1.42. The number of amides is 1. The Morgan fingerprint density at radius 2 is 2.35 bits per heavy atom. The minimum absolute atomic E-state index is 0.142. The van der Waals surface area contributed by atoms with Gasteiger partial charge in [0, 0.05) is 19.8 Å². The molecule has 1 unspecified atom stereocenters. The van der Waals surface area contributed by atoms with Crippen LogP contribution in [0.25, 0.3) is 0 Å². The van der Waals surface area contributed by atoms with Gasteiger partial charge in [-0.1, -0.05) is 6.07 Å². The van der Waals surface area contributed by atoms with E-state index in [2.05, 4.69) is 10.3 Å². The molecule has 1 N–H and O–H groups in total. The lowest BCUT2D eigenvalue weighted by molar-refractivity contribution is -0.128. The van der Waals surface area contributed by atoms with E-state index < -0.39 is 0 Å². The number of hydrogen-bond acceptors (Lipinski definition) is 3. The highest BCUT2D eigenvalue weighted by Crippen LogP contribution is 2.28. The quantitative estimate of drug-likeness (QED) is 0.840. The zero-order valence-electron chi connectivity index (χ0n) is 10.4. The van der Waals surface area contributed by atoms with E-state index in [0.29, 0.717) is 5.82 Å². The first-order chi connectivity index (χ1) is 8.13. The highest BCUT2D eigenvalue weighted by molar-refractivity contribution is 5.96. The Balaban J connectivity index is 2.14. The number of aromatic nitrogens is 1. The van der Waals surface area contributed by atoms with Crippen LogP contribution < -0.4 is 10.2 Å². The van der Waals surface area contributed by atoms with Crippen LogP contribution in [-0.2, 0) is 4.79 Å². The zero-order chi connectivity index (χ0) is 12.3. The van der Waals surface area contributed by atoms with Gasteiger partial charge in [0.15, 0.2) is 0 Å². The maximum Gasteiger partial charge on any atom is 0.235 e. The van der Waals surface area contributed by atoms with Crippen molar-refractivity contribution < 1.29 is 4.79 Å². The maximum atomic E-state index is 12.5. The molecule has 4 nitrogen and oxygen atoms in total. The van der Waals surface area contributed by atoms with Crippen molar-refractivity contribution in [1.82, 2.24) is 10.3 Å². The largest absolute Gasteiger partial charge is 0.316 e. The summed E-state index contributed by atoms with van der Waals surface area (Å²) in [5.74, 6) is 0.854. The molecular weight excluding hydrogens is 214 g/mol. The van der Waals surface area contributed by atoms with Crippen molar-refractivity contribution in [3.05, 3.63) is 24.4 Å².